The molecule has 7 heteroatoms. The van der Waals surface area contributed by atoms with E-state index in [9.17, 15) is 0 Å². The van der Waals surface area contributed by atoms with Crippen LogP contribution in [0.15, 0.2) is 79.1 Å². The van der Waals surface area contributed by atoms with Crippen molar-refractivity contribution in [2.75, 3.05) is 17.4 Å². The number of ether oxygens (including phenoxy) is 2. The van der Waals surface area contributed by atoms with Crippen molar-refractivity contribution >= 4 is 17.5 Å². The maximum Gasteiger partial charge on any atom is 0.231 e. The molecule has 3 heterocycles. The molecule has 0 unspecified atom stereocenters. The Morgan fingerprint density at radius 3 is 2.53 bits per heavy atom. The monoisotopic (exact) mass is 397 g/mol. The highest BCUT2D eigenvalue weighted by Gasteiger charge is 2.14. The van der Waals surface area contributed by atoms with E-state index in [-0.39, 0.29) is 6.79 Å². The summed E-state index contributed by atoms with van der Waals surface area (Å²) in [4.78, 5) is 13.4. The Morgan fingerprint density at radius 1 is 0.833 bits per heavy atom. The number of anilines is 3. The van der Waals surface area contributed by atoms with Crippen LogP contribution in [0.3, 0.4) is 0 Å². The molecule has 0 saturated carbocycles. The molecule has 1 aliphatic rings. The fourth-order valence-corrected chi connectivity index (χ4v) is 3.15. The third kappa shape index (κ3) is 4.00. The summed E-state index contributed by atoms with van der Waals surface area (Å²) in [6.45, 7) is 0.845. The highest BCUT2D eigenvalue weighted by molar-refractivity contribution is 5.68. The van der Waals surface area contributed by atoms with Gasteiger partial charge in [-0.2, -0.15) is 4.98 Å². The van der Waals surface area contributed by atoms with Gasteiger partial charge in [0.25, 0.3) is 0 Å². The minimum atomic E-state index is 0.244. The number of nitrogens with one attached hydrogen (secondary N) is 2. The molecule has 0 atom stereocenters. The Labute approximate surface area is 173 Å². The number of pyridine rings is 1. The van der Waals surface area contributed by atoms with Crippen LogP contribution in [0.2, 0.25) is 0 Å². The Balaban J connectivity index is 1.44. The molecule has 0 radical (unpaired) electrons. The van der Waals surface area contributed by atoms with Crippen LogP contribution in [0.1, 0.15) is 5.56 Å². The van der Waals surface area contributed by atoms with Gasteiger partial charge in [-0.3, -0.25) is 4.98 Å². The van der Waals surface area contributed by atoms with Crippen molar-refractivity contribution in [3.8, 4) is 22.8 Å². The minimum absolute atomic E-state index is 0.244. The summed E-state index contributed by atoms with van der Waals surface area (Å²) < 4.78 is 10.9. The molecule has 5 rings (SSSR count). The quantitative estimate of drug-likeness (QED) is 0.491. The molecule has 2 aromatic carbocycles. The largest absolute Gasteiger partial charge is 0.454 e. The first-order valence-corrected chi connectivity index (χ1v) is 9.57. The molecule has 0 bridgehead atoms. The summed E-state index contributed by atoms with van der Waals surface area (Å²) in [6.07, 6.45) is 3.54. The molecule has 2 aromatic heterocycles. The van der Waals surface area contributed by atoms with E-state index in [1.807, 2.05) is 66.7 Å². The van der Waals surface area contributed by atoms with Gasteiger partial charge in [0.05, 0.1) is 5.69 Å². The molecule has 1 aliphatic heterocycles. The van der Waals surface area contributed by atoms with Crippen LogP contribution >= 0.6 is 0 Å². The first-order valence-electron chi connectivity index (χ1n) is 9.57. The van der Waals surface area contributed by atoms with Crippen molar-refractivity contribution < 1.29 is 9.47 Å². The molecule has 0 fully saturated rings. The predicted octanol–water partition coefficient (Wildman–Crippen LogP) is 4.62. The molecule has 148 valence electrons. The first kappa shape index (κ1) is 17.9. The smallest absolute Gasteiger partial charge is 0.231 e. The lowest BCUT2D eigenvalue weighted by Crippen LogP contribution is -2.06. The maximum atomic E-state index is 5.47. The number of rotatable bonds is 6. The van der Waals surface area contributed by atoms with Gasteiger partial charge in [0.15, 0.2) is 11.5 Å². The Kier molecular flexibility index (Phi) is 4.83. The number of nitrogens with zero attached hydrogens (tertiary/aromatic N) is 3. The van der Waals surface area contributed by atoms with Crippen LogP contribution < -0.4 is 20.1 Å². The standard InChI is InChI=1S/C23H19N5O2/c1-2-4-17(5-3-1)19-13-22(26-18-6-7-20-21(12-18)30-15-29-20)28-23(27-19)25-14-16-8-10-24-11-9-16/h1-13H,14-15H2,(H2,25,26,27,28). The van der Waals surface area contributed by atoms with Gasteiger partial charge < -0.3 is 20.1 Å². The average molecular weight is 397 g/mol. The summed E-state index contributed by atoms with van der Waals surface area (Å²) >= 11 is 0. The van der Waals surface area contributed by atoms with Crippen LogP contribution in [0.5, 0.6) is 11.5 Å². The lowest BCUT2D eigenvalue weighted by atomic mass is 10.1. The Bertz CT molecular complexity index is 1150. The van der Waals surface area contributed by atoms with E-state index in [2.05, 4.69) is 20.6 Å². The zero-order chi connectivity index (χ0) is 20.2. The Hall–Kier alpha value is -4.13. The zero-order valence-corrected chi connectivity index (χ0v) is 16.1. The number of benzene rings is 2. The van der Waals surface area contributed by atoms with E-state index in [0.29, 0.717) is 24.1 Å². The van der Waals surface area contributed by atoms with E-state index < -0.39 is 0 Å². The summed E-state index contributed by atoms with van der Waals surface area (Å²) in [6, 6.07) is 21.6. The van der Waals surface area contributed by atoms with Crippen LogP contribution in [-0.4, -0.2) is 21.7 Å². The number of fused-ring (bicyclic) bond motifs is 1. The molecule has 0 amide bonds. The molecule has 0 aliphatic carbocycles. The summed E-state index contributed by atoms with van der Waals surface area (Å²) in [5.41, 5.74) is 3.80. The maximum absolute atomic E-state index is 5.47. The van der Waals surface area contributed by atoms with Crippen molar-refractivity contribution in [1.29, 1.82) is 0 Å². The molecule has 0 spiro atoms. The second-order valence-corrected chi connectivity index (χ2v) is 6.73. The van der Waals surface area contributed by atoms with E-state index in [4.69, 9.17) is 14.5 Å². The van der Waals surface area contributed by atoms with Crippen LogP contribution in [-0.2, 0) is 6.54 Å². The van der Waals surface area contributed by atoms with Crippen LogP contribution in [0.25, 0.3) is 11.3 Å². The van der Waals surface area contributed by atoms with E-state index in [1.54, 1.807) is 12.4 Å². The van der Waals surface area contributed by atoms with Crippen molar-refractivity contribution in [2.24, 2.45) is 0 Å². The second kappa shape index (κ2) is 8.08. The topological polar surface area (TPSA) is 81.2 Å². The molecule has 0 saturated heterocycles. The summed E-state index contributed by atoms with van der Waals surface area (Å²) in [7, 11) is 0. The van der Waals surface area contributed by atoms with Crippen molar-refractivity contribution in [3.05, 3.63) is 84.7 Å². The lowest BCUT2D eigenvalue weighted by Gasteiger charge is -2.12. The Morgan fingerprint density at radius 2 is 1.67 bits per heavy atom. The van der Waals surface area contributed by atoms with Gasteiger partial charge in [-0.05, 0) is 29.8 Å². The van der Waals surface area contributed by atoms with Gasteiger partial charge in [-0.25, -0.2) is 4.98 Å². The average Bonchev–Trinajstić information content (AvgIpc) is 3.27. The number of aromatic nitrogens is 3. The molecule has 30 heavy (non-hydrogen) atoms. The second-order valence-electron chi connectivity index (χ2n) is 6.73. The fraction of sp³-hybridized carbons (Fsp3) is 0.0870. The normalized spacial score (nSPS) is 11.9. The van der Waals surface area contributed by atoms with Crippen molar-refractivity contribution in [3.63, 3.8) is 0 Å². The number of hydrogen-bond donors (Lipinski definition) is 2. The van der Waals surface area contributed by atoms with Gasteiger partial charge in [0.2, 0.25) is 12.7 Å². The molecular weight excluding hydrogens is 378 g/mol. The van der Waals surface area contributed by atoms with E-state index in [1.165, 1.54) is 0 Å². The minimum Gasteiger partial charge on any atom is -0.454 e. The van der Waals surface area contributed by atoms with Crippen LogP contribution in [0.4, 0.5) is 17.5 Å². The van der Waals surface area contributed by atoms with E-state index in [0.717, 1.165) is 28.3 Å². The highest BCUT2D eigenvalue weighted by atomic mass is 16.7. The fourth-order valence-electron chi connectivity index (χ4n) is 3.15. The van der Waals surface area contributed by atoms with Crippen molar-refractivity contribution in [1.82, 2.24) is 15.0 Å². The van der Waals surface area contributed by atoms with Crippen LogP contribution in [0, 0.1) is 0 Å². The van der Waals surface area contributed by atoms with E-state index >= 15 is 0 Å². The third-order valence-corrected chi connectivity index (χ3v) is 4.64. The molecule has 2 N–H and O–H groups in total. The van der Waals surface area contributed by atoms with Gasteiger partial charge in [0.1, 0.15) is 5.82 Å². The zero-order valence-electron chi connectivity index (χ0n) is 16.1. The summed E-state index contributed by atoms with van der Waals surface area (Å²) in [5.74, 6) is 2.68. The van der Waals surface area contributed by atoms with Gasteiger partial charge in [0, 0.05) is 42.3 Å². The highest BCUT2D eigenvalue weighted by Crippen LogP contribution is 2.35. The van der Waals surface area contributed by atoms with Gasteiger partial charge in [-0.15, -0.1) is 0 Å². The van der Waals surface area contributed by atoms with Gasteiger partial charge >= 0.3 is 0 Å². The molecule has 4 aromatic rings. The molecule has 7 nitrogen and oxygen atoms in total. The lowest BCUT2D eigenvalue weighted by molar-refractivity contribution is 0.174. The predicted molar refractivity (Wildman–Crippen MR) is 115 cm³/mol. The molecular formula is C23H19N5O2. The van der Waals surface area contributed by atoms with Gasteiger partial charge in [-0.1, -0.05) is 30.3 Å². The SMILES string of the molecule is c1ccc(-c2cc(Nc3ccc4c(c3)OCO4)nc(NCc3ccncc3)n2)cc1. The van der Waals surface area contributed by atoms with Crippen molar-refractivity contribution in [2.45, 2.75) is 6.54 Å². The summed E-state index contributed by atoms with van der Waals surface area (Å²) in [5, 5.41) is 6.65. The third-order valence-electron chi connectivity index (χ3n) is 4.64. The first-order chi connectivity index (χ1) is 14.8. The number of hydrogen-bond acceptors (Lipinski definition) is 7.